The van der Waals surface area contributed by atoms with Crippen molar-refractivity contribution in [3.05, 3.63) is 80.5 Å². The molecule has 0 bridgehead atoms. The molecule has 7 nitrogen and oxygen atoms in total. The summed E-state index contributed by atoms with van der Waals surface area (Å²) in [5.74, 6) is -0.143. The third kappa shape index (κ3) is 5.01. The van der Waals surface area contributed by atoms with Crippen molar-refractivity contribution in [1.82, 2.24) is 15.0 Å². The van der Waals surface area contributed by atoms with Crippen LogP contribution in [0, 0.1) is 6.92 Å². The maximum atomic E-state index is 13.7. The highest BCUT2D eigenvalue weighted by Gasteiger charge is 2.23. The molecule has 1 aliphatic rings. The van der Waals surface area contributed by atoms with Crippen LogP contribution in [0.3, 0.4) is 0 Å². The Kier molecular flexibility index (Phi) is 6.70. The fourth-order valence-corrected chi connectivity index (χ4v) is 6.26. The second-order valence-corrected chi connectivity index (χ2v) is 10.5. The molecule has 2 heterocycles. The number of hydrazone groups is 1. The number of fused-ring (bicyclic) bond motifs is 3. The van der Waals surface area contributed by atoms with Crippen molar-refractivity contribution in [2.75, 3.05) is 5.75 Å². The summed E-state index contributed by atoms with van der Waals surface area (Å²) in [6, 6.07) is 14.3. The van der Waals surface area contributed by atoms with E-state index in [4.69, 9.17) is 4.98 Å². The lowest BCUT2D eigenvalue weighted by atomic mass is 9.97. The van der Waals surface area contributed by atoms with Crippen LogP contribution in [0.2, 0.25) is 0 Å². The van der Waals surface area contributed by atoms with E-state index in [1.165, 1.54) is 22.9 Å². The summed E-state index contributed by atoms with van der Waals surface area (Å²) in [6.07, 6.45) is 5.58. The largest absolute Gasteiger partial charge is 0.508 e. The van der Waals surface area contributed by atoms with E-state index in [1.807, 2.05) is 31.2 Å². The first-order valence-electron chi connectivity index (χ1n) is 11.4. The monoisotopic (exact) mass is 504 g/mol. The molecule has 0 saturated heterocycles. The van der Waals surface area contributed by atoms with Crippen LogP contribution in [0.25, 0.3) is 15.9 Å². The smallest absolute Gasteiger partial charge is 0.267 e. The number of aromatic hydroxyl groups is 1. The first-order valence-corrected chi connectivity index (χ1v) is 13.2. The minimum absolute atomic E-state index is 0.0479. The Bertz CT molecular complexity index is 1490. The van der Waals surface area contributed by atoms with Crippen molar-refractivity contribution in [3.63, 3.8) is 0 Å². The van der Waals surface area contributed by atoms with Crippen molar-refractivity contribution in [3.8, 4) is 11.4 Å². The van der Waals surface area contributed by atoms with E-state index in [2.05, 4.69) is 10.5 Å². The second-order valence-electron chi connectivity index (χ2n) is 8.44. The third-order valence-electron chi connectivity index (χ3n) is 5.86. The summed E-state index contributed by atoms with van der Waals surface area (Å²) in [5, 5.41) is 14.7. The SMILES string of the molecule is Cc1ccc(-n2c(SCC(=O)NN=Cc3cccc(O)c3)nc3sc4c(c3c2=O)CCCC4)cc1. The summed E-state index contributed by atoms with van der Waals surface area (Å²) in [4.78, 5) is 33.1. The lowest BCUT2D eigenvalue weighted by molar-refractivity contribution is -0.118. The quantitative estimate of drug-likeness (QED) is 0.173. The highest BCUT2D eigenvalue weighted by molar-refractivity contribution is 7.99. The van der Waals surface area contributed by atoms with Gasteiger partial charge >= 0.3 is 0 Å². The van der Waals surface area contributed by atoms with Crippen molar-refractivity contribution in [2.24, 2.45) is 5.10 Å². The molecule has 2 N–H and O–H groups in total. The van der Waals surface area contributed by atoms with Gasteiger partial charge < -0.3 is 5.11 Å². The average Bonchev–Trinajstić information content (AvgIpc) is 3.22. The number of thioether (sulfide) groups is 1. The number of aromatic nitrogens is 2. The molecule has 1 aliphatic carbocycles. The maximum Gasteiger partial charge on any atom is 0.267 e. The van der Waals surface area contributed by atoms with Gasteiger partial charge in [-0.15, -0.1) is 11.3 Å². The molecular weight excluding hydrogens is 480 g/mol. The highest BCUT2D eigenvalue weighted by atomic mass is 32.2. The predicted molar refractivity (Wildman–Crippen MR) is 141 cm³/mol. The van der Waals surface area contributed by atoms with Gasteiger partial charge in [0.2, 0.25) is 0 Å². The molecule has 35 heavy (non-hydrogen) atoms. The van der Waals surface area contributed by atoms with E-state index >= 15 is 0 Å². The molecule has 0 fully saturated rings. The number of aryl methyl sites for hydroxylation is 3. The molecule has 9 heteroatoms. The number of thiophene rings is 1. The third-order valence-corrected chi connectivity index (χ3v) is 7.98. The molecule has 0 unspecified atom stereocenters. The number of benzene rings is 2. The summed E-state index contributed by atoms with van der Waals surface area (Å²) in [7, 11) is 0. The standard InChI is InChI=1S/C26H24N4O3S2/c1-16-9-11-18(12-10-16)30-25(33)23-20-7-2-3-8-21(20)35-24(23)28-26(30)34-15-22(32)29-27-14-17-5-4-6-19(31)13-17/h4-6,9-14,31H,2-3,7-8,15H2,1H3,(H,29,32). The van der Waals surface area contributed by atoms with Crippen LogP contribution in [0.5, 0.6) is 5.75 Å². The molecule has 4 aromatic rings. The molecule has 0 aliphatic heterocycles. The first-order chi connectivity index (χ1) is 17.0. The number of carbonyl (C=O) groups is 1. The van der Waals surface area contributed by atoms with Crippen molar-refractivity contribution in [2.45, 2.75) is 37.8 Å². The van der Waals surface area contributed by atoms with E-state index in [-0.39, 0.29) is 23.0 Å². The summed E-state index contributed by atoms with van der Waals surface area (Å²) >= 11 is 2.81. The minimum atomic E-state index is -0.318. The molecule has 0 atom stereocenters. The van der Waals surface area contributed by atoms with Crippen LogP contribution in [0.15, 0.2) is 63.6 Å². The van der Waals surface area contributed by atoms with Crippen LogP contribution in [-0.2, 0) is 17.6 Å². The van der Waals surface area contributed by atoms with E-state index in [0.717, 1.165) is 52.7 Å². The lowest BCUT2D eigenvalue weighted by Crippen LogP contribution is -2.24. The van der Waals surface area contributed by atoms with Gasteiger partial charge in [0.05, 0.1) is 23.0 Å². The predicted octanol–water partition coefficient (Wildman–Crippen LogP) is 4.58. The van der Waals surface area contributed by atoms with Crippen LogP contribution in [-0.4, -0.2) is 32.5 Å². The molecule has 2 aromatic carbocycles. The summed E-state index contributed by atoms with van der Waals surface area (Å²) in [6.45, 7) is 2.00. The second kappa shape index (κ2) is 10.1. The molecule has 0 saturated carbocycles. The van der Waals surface area contributed by atoms with Gasteiger partial charge in [-0.2, -0.15) is 5.10 Å². The average molecular weight is 505 g/mol. The van der Waals surface area contributed by atoms with E-state index < -0.39 is 0 Å². The van der Waals surface area contributed by atoms with Crippen molar-refractivity contribution in [1.29, 1.82) is 0 Å². The number of phenolic OH excluding ortho intramolecular Hbond substituents is 1. The summed E-state index contributed by atoms with van der Waals surface area (Å²) in [5.41, 5.74) is 6.06. The zero-order valence-electron chi connectivity index (χ0n) is 19.2. The van der Waals surface area contributed by atoms with Gasteiger partial charge in [0.15, 0.2) is 5.16 Å². The van der Waals surface area contributed by atoms with Crippen molar-refractivity contribution >= 4 is 45.4 Å². The number of carbonyl (C=O) groups excluding carboxylic acids is 1. The topological polar surface area (TPSA) is 96.6 Å². The number of nitrogens with one attached hydrogen (secondary N) is 1. The zero-order chi connectivity index (χ0) is 24.4. The van der Waals surface area contributed by atoms with E-state index in [9.17, 15) is 14.7 Å². The minimum Gasteiger partial charge on any atom is -0.508 e. The van der Waals surface area contributed by atoms with Crippen LogP contribution in [0.4, 0.5) is 0 Å². The number of phenols is 1. The number of nitrogens with zero attached hydrogens (tertiary/aromatic N) is 3. The molecule has 5 rings (SSSR count). The first kappa shape index (κ1) is 23.3. The van der Waals surface area contributed by atoms with Crippen molar-refractivity contribution < 1.29 is 9.90 Å². The number of hydrogen-bond donors (Lipinski definition) is 2. The Labute approximate surface area is 210 Å². The Hall–Kier alpha value is -3.43. The fraction of sp³-hybridized carbons (Fsp3) is 0.231. The molecule has 0 spiro atoms. The number of rotatable bonds is 6. The zero-order valence-corrected chi connectivity index (χ0v) is 20.8. The van der Waals surface area contributed by atoms with Crippen LogP contribution < -0.4 is 11.0 Å². The molecule has 2 aromatic heterocycles. The number of amides is 1. The fourth-order valence-electron chi connectivity index (χ4n) is 4.15. The molecular formula is C26H24N4O3S2. The van der Waals surface area contributed by atoms with E-state index in [0.29, 0.717) is 10.7 Å². The van der Waals surface area contributed by atoms with Crippen LogP contribution >= 0.6 is 23.1 Å². The van der Waals surface area contributed by atoms with Gasteiger partial charge in [-0.05, 0) is 68.0 Å². The van der Waals surface area contributed by atoms with Gasteiger partial charge in [-0.3, -0.25) is 14.2 Å². The Balaban J connectivity index is 1.43. The summed E-state index contributed by atoms with van der Waals surface area (Å²) < 4.78 is 1.62. The van der Waals surface area contributed by atoms with Crippen LogP contribution in [0.1, 0.15) is 34.4 Å². The van der Waals surface area contributed by atoms with E-state index in [1.54, 1.807) is 40.2 Å². The van der Waals surface area contributed by atoms with Gasteiger partial charge in [-0.25, -0.2) is 10.4 Å². The molecule has 178 valence electrons. The van der Waals surface area contributed by atoms with Gasteiger partial charge in [0, 0.05) is 4.88 Å². The maximum absolute atomic E-state index is 13.7. The van der Waals surface area contributed by atoms with Gasteiger partial charge in [-0.1, -0.05) is 41.6 Å². The molecule has 0 radical (unpaired) electrons. The lowest BCUT2D eigenvalue weighted by Gasteiger charge is -2.13. The normalized spacial score (nSPS) is 13.3. The highest BCUT2D eigenvalue weighted by Crippen LogP contribution is 2.35. The Morgan fingerprint density at radius 3 is 2.83 bits per heavy atom. The number of hydrogen-bond acceptors (Lipinski definition) is 7. The van der Waals surface area contributed by atoms with Gasteiger partial charge in [0.25, 0.3) is 11.5 Å². The van der Waals surface area contributed by atoms with Gasteiger partial charge in [0.1, 0.15) is 10.6 Å². The Morgan fingerprint density at radius 1 is 1.23 bits per heavy atom. The molecule has 1 amide bonds. The Morgan fingerprint density at radius 2 is 2.03 bits per heavy atom.